The lowest BCUT2D eigenvalue weighted by Gasteiger charge is -2.61. The third-order valence-corrected chi connectivity index (χ3v) is 9.27. The molecule has 0 radical (unpaired) electrons. The minimum Gasteiger partial charge on any atom is -0.450 e. The highest BCUT2D eigenvalue weighted by atomic mass is 16.6. The van der Waals surface area contributed by atoms with Crippen LogP contribution in [0.2, 0.25) is 0 Å². The lowest BCUT2D eigenvalue weighted by atomic mass is 9.44. The van der Waals surface area contributed by atoms with Gasteiger partial charge in [-0.15, -0.1) is 0 Å². The molecule has 0 saturated heterocycles. The topological polar surface area (TPSA) is 101 Å². The summed E-state index contributed by atoms with van der Waals surface area (Å²) in [4.78, 5) is 37.8. The van der Waals surface area contributed by atoms with Crippen LogP contribution in [-0.2, 0) is 19.1 Å². The average Bonchev–Trinajstić information content (AvgIpc) is 3.01. The van der Waals surface area contributed by atoms with Crippen molar-refractivity contribution >= 4 is 17.5 Å². The highest BCUT2D eigenvalue weighted by Gasteiger charge is 2.70. The molecule has 2 unspecified atom stereocenters. The van der Waals surface area contributed by atoms with Gasteiger partial charge in [0.15, 0.2) is 11.4 Å². The first-order chi connectivity index (χ1) is 15.0. The zero-order chi connectivity index (χ0) is 23.5. The maximum atomic E-state index is 13.1. The molecule has 0 bridgehead atoms. The summed E-state index contributed by atoms with van der Waals surface area (Å²) < 4.78 is 5.94. The van der Waals surface area contributed by atoms with Crippen LogP contribution in [0.4, 0.5) is 0 Å². The van der Waals surface area contributed by atoms with Gasteiger partial charge < -0.3 is 14.9 Å². The summed E-state index contributed by atoms with van der Waals surface area (Å²) in [5.74, 6) is -0.583. The number of aliphatic hydroxyl groups is 2. The first-order valence-electron chi connectivity index (χ1n) is 12.0. The summed E-state index contributed by atoms with van der Waals surface area (Å²) in [5.41, 5.74) is -1.48. The minimum absolute atomic E-state index is 0.00539. The van der Waals surface area contributed by atoms with Gasteiger partial charge in [-0.1, -0.05) is 39.3 Å². The molecule has 0 aliphatic heterocycles. The lowest BCUT2D eigenvalue weighted by molar-refractivity contribution is -0.201. The third-order valence-electron chi connectivity index (χ3n) is 9.27. The summed E-state index contributed by atoms with van der Waals surface area (Å²) in [6.45, 7) is 7.41. The Balaban J connectivity index is 1.76. The molecule has 0 amide bonds. The van der Waals surface area contributed by atoms with Crippen LogP contribution in [0.3, 0.4) is 0 Å². The number of carbonyl (C=O) groups is 3. The molecule has 6 heteroatoms. The number of carbonyl (C=O) groups excluding carboxylic acids is 3. The Labute approximate surface area is 190 Å². The summed E-state index contributed by atoms with van der Waals surface area (Å²) in [5, 5.41) is 21.4. The average molecular weight is 445 g/mol. The van der Waals surface area contributed by atoms with Crippen LogP contribution in [0.15, 0.2) is 23.8 Å². The van der Waals surface area contributed by atoms with E-state index in [0.29, 0.717) is 25.7 Å². The van der Waals surface area contributed by atoms with E-state index in [1.807, 2.05) is 19.9 Å². The molecule has 0 spiro atoms. The number of ether oxygens (including phenoxy) is 1. The summed E-state index contributed by atoms with van der Waals surface area (Å²) >= 11 is 0. The maximum Gasteiger partial charge on any atom is 0.306 e. The monoisotopic (exact) mass is 444 g/mol. The van der Waals surface area contributed by atoms with E-state index >= 15 is 0 Å². The molecular formula is C26H36O6. The molecule has 0 heterocycles. The quantitative estimate of drug-likeness (QED) is 0.632. The van der Waals surface area contributed by atoms with Crippen LogP contribution in [-0.4, -0.2) is 46.1 Å². The van der Waals surface area contributed by atoms with Crippen molar-refractivity contribution in [3.63, 3.8) is 0 Å². The Morgan fingerprint density at radius 3 is 2.66 bits per heavy atom. The SMILES string of the molecule is CCCC(=O)O[C@]1(C(=O)CO)CC[C@H]2[C@@H]3CC(C)C4=CC(=O)C=C[C@]4(C)[C@H]3C(O)C[C@@]21C. The fraction of sp³-hybridized carbons (Fsp3) is 0.731. The number of fused-ring (bicyclic) bond motifs is 5. The van der Waals surface area contributed by atoms with Gasteiger partial charge >= 0.3 is 5.97 Å². The second kappa shape index (κ2) is 7.91. The molecule has 3 fully saturated rings. The van der Waals surface area contributed by atoms with Crippen molar-refractivity contribution in [3.05, 3.63) is 23.8 Å². The molecule has 0 aromatic heterocycles. The predicted octanol–water partition coefficient (Wildman–Crippen LogP) is 3.15. The highest BCUT2D eigenvalue weighted by molar-refractivity contribution is 6.01. The molecule has 4 rings (SSSR count). The standard InChI is InChI=1S/C26H36O6/c1-5-6-22(31)32-26(21(30)14-27)10-8-18-17-11-15(2)19-12-16(28)7-9-24(19,3)23(17)20(29)13-25(18,26)4/h7,9,12,15,17-18,20,23,27,29H,5-6,8,10-11,13-14H2,1-4H3/t15?,17-,18-,20?,23+,24-,25-,26-/m0/s1. The number of aliphatic hydroxyl groups excluding tert-OH is 2. The van der Waals surface area contributed by atoms with Gasteiger partial charge in [0.1, 0.15) is 6.61 Å². The van der Waals surface area contributed by atoms with Crippen LogP contribution >= 0.6 is 0 Å². The van der Waals surface area contributed by atoms with Crippen LogP contribution in [0.5, 0.6) is 0 Å². The Morgan fingerprint density at radius 1 is 1.28 bits per heavy atom. The highest BCUT2D eigenvalue weighted by Crippen LogP contribution is 2.68. The van der Waals surface area contributed by atoms with Crippen LogP contribution in [0, 0.1) is 34.5 Å². The van der Waals surface area contributed by atoms with Crippen molar-refractivity contribution in [3.8, 4) is 0 Å². The zero-order valence-corrected chi connectivity index (χ0v) is 19.6. The summed E-state index contributed by atoms with van der Waals surface area (Å²) in [6.07, 6.45) is 7.66. The van der Waals surface area contributed by atoms with E-state index in [1.54, 1.807) is 12.2 Å². The molecule has 176 valence electrons. The molecule has 0 aromatic rings. The Morgan fingerprint density at radius 2 is 2.00 bits per heavy atom. The predicted molar refractivity (Wildman–Crippen MR) is 118 cm³/mol. The van der Waals surface area contributed by atoms with E-state index in [1.165, 1.54) is 0 Å². The van der Waals surface area contributed by atoms with Gasteiger partial charge in [0.25, 0.3) is 0 Å². The molecule has 6 nitrogen and oxygen atoms in total. The summed E-state index contributed by atoms with van der Waals surface area (Å²) in [6, 6.07) is 0. The minimum atomic E-state index is -1.40. The lowest BCUT2D eigenvalue weighted by Crippen LogP contribution is -2.63. The van der Waals surface area contributed by atoms with Crippen LogP contribution in [0.1, 0.15) is 66.2 Å². The number of hydrogen-bond acceptors (Lipinski definition) is 6. The number of Topliss-reactive ketones (excluding diaryl/α,β-unsaturated/α-hetero) is 1. The van der Waals surface area contributed by atoms with Gasteiger partial charge in [-0.3, -0.25) is 14.4 Å². The van der Waals surface area contributed by atoms with E-state index < -0.39 is 40.9 Å². The smallest absolute Gasteiger partial charge is 0.306 e. The van der Waals surface area contributed by atoms with Crippen molar-refractivity contribution < 1.29 is 29.3 Å². The Hall–Kier alpha value is -1.79. The largest absolute Gasteiger partial charge is 0.450 e. The van der Waals surface area contributed by atoms with Gasteiger partial charge in [0.05, 0.1) is 6.10 Å². The van der Waals surface area contributed by atoms with Crippen molar-refractivity contribution in [2.45, 2.75) is 77.9 Å². The van der Waals surface area contributed by atoms with Crippen LogP contribution < -0.4 is 0 Å². The van der Waals surface area contributed by atoms with Crippen molar-refractivity contribution in [2.24, 2.45) is 34.5 Å². The molecule has 2 N–H and O–H groups in total. The van der Waals surface area contributed by atoms with Gasteiger partial charge in [-0.05, 0) is 62.0 Å². The Bertz CT molecular complexity index is 889. The maximum absolute atomic E-state index is 13.1. The number of hydrogen-bond donors (Lipinski definition) is 2. The fourth-order valence-electron chi connectivity index (χ4n) is 8.00. The van der Waals surface area contributed by atoms with E-state index in [4.69, 9.17) is 4.74 Å². The second-order valence-corrected chi connectivity index (χ2v) is 10.9. The third kappa shape index (κ3) is 3.09. The van der Waals surface area contributed by atoms with Crippen molar-refractivity contribution in [1.29, 1.82) is 0 Å². The first kappa shape index (κ1) is 23.4. The second-order valence-electron chi connectivity index (χ2n) is 10.9. The van der Waals surface area contributed by atoms with Crippen LogP contribution in [0.25, 0.3) is 0 Å². The van der Waals surface area contributed by atoms with E-state index in [0.717, 1.165) is 12.0 Å². The number of esters is 1. The number of allylic oxidation sites excluding steroid dienone is 4. The summed E-state index contributed by atoms with van der Waals surface area (Å²) in [7, 11) is 0. The molecule has 4 aliphatic rings. The van der Waals surface area contributed by atoms with Gasteiger partial charge in [-0.25, -0.2) is 0 Å². The number of ketones is 2. The fourth-order valence-corrected chi connectivity index (χ4v) is 8.00. The molecular weight excluding hydrogens is 408 g/mol. The number of rotatable bonds is 5. The molecule has 32 heavy (non-hydrogen) atoms. The van der Waals surface area contributed by atoms with Crippen molar-refractivity contribution in [1.82, 2.24) is 0 Å². The Kier molecular flexibility index (Phi) is 5.78. The van der Waals surface area contributed by atoms with E-state index in [9.17, 15) is 24.6 Å². The van der Waals surface area contributed by atoms with E-state index in [2.05, 4.69) is 13.8 Å². The van der Waals surface area contributed by atoms with Gasteiger partial charge in [-0.2, -0.15) is 0 Å². The van der Waals surface area contributed by atoms with Gasteiger partial charge in [0.2, 0.25) is 5.78 Å². The zero-order valence-electron chi connectivity index (χ0n) is 19.6. The first-order valence-corrected chi connectivity index (χ1v) is 12.0. The van der Waals surface area contributed by atoms with Gasteiger partial charge in [0, 0.05) is 23.2 Å². The molecule has 4 aliphatic carbocycles. The molecule has 3 saturated carbocycles. The van der Waals surface area contributed by atoms with Crippen molar-refractivity contribution in [2.75, 3.05) is 6.61 Å². The normalized spacial score (nSPS) is 44.9. The van der Waals surface area contributed by atoms with E-state index in [-0.39, 0.29) is 35.9 Å². The molecule has 0 aromatic carbocycles. The molecule has 8 atom stereocenters.